The van der Waals surface area contributed by atoms with Crippen LogP contribution in [0.2, 0.25) is 0 Å². The molecule has 3 rings (SSSR count). The summed E-state index contributed by atoms with van der Waals surface area (Å²) in [5.41, 5.74) is 0.403. The fourth-order valence-corrected chi connectivity index (χ4v) is 4.61. The lowest BCUT2D eigenvalue weighted by Gasteiger charge is -2.33. The predicted molar refractivity (Wildman–Crippen MR) is 120 cm³/mol. The first-order valence-electron chi connectivity index (χ1n) is 10.6. The van der Waals surface area contributed by atoms with Crippen molar-refractivity contribution in [2.45, 2.75) is 64.8 Å². The fourth-order valence-electron chi connectivity index (χ4n) is 4.61. The molecule has 3 saturated heterocycles. The lowest BCUT2D eigenvalue weighted by molar-refractivity contribution is 0.156. The van der Waals surface area contributed by atoms with E-state index >= 15 is 0 Å². The lowest BCUT2D eigenvalue weighted by Crippen LogP contribution is -2.41. The Balaban J connectivity index is 0.00000243. The van der Waals surface area contributed by atoms with Crippen molar-refractivity contribution in [1.82, 2.24) is 15.1 Å². The van der Waals surface area contributed by atoms with Crippen LogP contribution in [0.15, 0.2) is 4.99 Å². The Labute approximate surface area is 177 Å². The van der Waals surface area contributed by atoms with Gasteiger partial charge in [0.2, 0.25) is 0 Å². The zero-order chi connectivity index (χ0) is 17.5. The highest BCUT2D eigenvalue weighted by Crippen LogP contribution is 2.38. The number of ether oxygens (including phenoxy) is 1. The number of hydrogen-bond donors (Lipinski definition) is 1. The maximum absolute atomic E-state index is 5.66. The van der Waals surface area contributed by atoms with E-state index in [1.165, 1.54) is 58.0 Å². The molecule has 1 N–H and O–H groups in total. The van der Waals surface area contributed by atoms with E-state index in [0.717, 1.165) is 51.4 Å². The third-order valence-corrected chi connectivity index (χ3v) is 6.31. The molecular formula is C20H39IN4O. The van der Waals surface area contributed by atoms with E-state index in [9.17, 15) is 0 Å². The highest BCUT2D eigenvalue weighted by molar-refractivity contribution is 14.0. The molecule has 5 nitrogen and oxygen atoms in total. The van der Waals surface area contributed by atoms with Crippen LogP contribution in [-0.2, 0) is 4.74 Å². The van der Waals surface area contributed by atoms with Gasteiger partial charge in [-0.25, -0.2) is 0 Å². The van der Waals surface area contributed by atoms with Crippen LogP contribution in [0.3, 0.4) is 0 Å². The van der Waals surface area contributed by atoms with Crippen LogP contribution < -0.4 is 5.32 Å². The van der Waals surface area contributed by atoms with Crippen molar-refractivity contribution in [3.8, 4) is 0 Å². The number of unbranched alkanes of at least 4 members (excludes halogenated alkanes) is 1. The Morgan fingerprint density at radius 3 is 2.85 bits per heavy atom. The molecule has 3 aliphatic rings. The number of aliphatic imine (C=N–C) groups is 1. The number of halogens is 1. The Kier molecular flexibility index (Phi) is 9.44. The van der Waals surface area contributed by atoms with Crippen molar-refractivity contribution < 1.29 is 4.74 Å². The van der Waals surface area contributed by atoms with Gasteiger partial charge in [0, 0.05) is 44.2 Å². The molecule has 26 heavy (non-hydrogen) atoms. The van der Waals surface area contributed by atoms with Crippen molar-refractivity contribution in [3.63, 3.8) is 0 Å². The summed E-state index contributed by atoms with van der Waals surface area (Å²) < 4.78 is 5.66. The van der Waals surface area contributed by atoms with E-state index in [1.807, 2.05) is 0 Å². The number of guanidine groups is 1. The van der Waals surface area contributed by atoms with E-state index in [-0.39, 0.29) is 24.0 Å². The molecule has 0 radical (unpaired) electrons. The summed E-state index contributed by atoms with van der Waals surface area (Å²) in [7, 11) is 0. The van der Waals surface area contributed by atoms with E-state index < -0.39 is 0 Å². The van der Waals surface area contributed by atoms with Gasteiger partial charge < -0.3 is 19.9 Å². The highest BCUT2D eigenvalue weighted by atomic mass is 127. The third-order valence-electron chi connectivity index (χ3n) is 6.31. The molecule has 0 aromatic carbocycles. The molecule has 3 aliphatic heterocycles. The standard InChI is InChI=1S/C20H38N4O.HI/c1-3-21-19(24-14-9-20(16-24)10-15-25-17-20)22-11-5-7-13-23-12-6-4-8-18(23)2;/h18H,3-17H2,1-2H3,(H,21,22);1H. The van der Waals surface area contributed by atoms with Crippen molar-refractivity contribution in [3.05, 3.63) is 0 Å². The van der Waals surface area contributed by atoms with Crippen molar-refractivity contribution >= 4 is 29.9 Å². The van der Waals surface area contributed by atoms with Crippen LogP contribution in [0.25, 0.3) is 0 Å². The zero-order valence-electron chi connectivity index (χ0n) is 16.8. The lowest BCUT2D eigenvalue weighted by atomic mass is 9.87. The van der Waals surface area contributed by atoms with Crippen LogP contribution in [0.1, 0.15) is 58.8 Å². The van der Waals surface area contributed by atoms with E-state index in [0.29, 0.717) is 5.41 Å². The third kappa shape index (κ3) is 5.96. The van der Waals surface area contributed by atoms with Gasteiger partial charge in [0.1, 0.15) is 0 Å². The number of hydrogen-bond acceptors (Lipinski definition) is 3. The minimum Gasteiger partial charge on any atom is -0.381 e. The normalized spacial score (nSPS) is 30.0. The quantitative estimate of drug-likeness (QED) is 0.275. The molecule has 0 saturated carbocycles. The van der Waals surface area contributed by atoms with Gasteiger partial charge in [-0.2, -0.15) is 0 Å². The molecule has 0 aromatic rings. The predicted octanol–water partition coefficient (Wildman–Crippen LogP) is 3.34. The monoisotopic (exact) mass is 478 g/mol. The van der Waals surface area contributed by atoms with Crippen molar-refractivity contribution in [1.29, 1.82) is 0 Å². The van der Waals surface area contributed by atoms with Gasteiger partial charge in [-0.15, -0.1) is 24.0 Å². The topological polar surface area (TPSA) is 40.1 Å². The maximum Gasteiger partial charge on any atom is 0.193 e. The summed E-state index contributed by atoms with van der Waals surface area (Å²) >= 11 is 0. The first kappa shape index (κ1) is 22.2. The summed E-state index contributed by atoms with van der Waals surface area (Å²) in [6.45, 7) is 13.1. The number of nitrogens with one attached hydrogen (secondary N) is 1. The fraction of sp³-hybridized carbons (Fsp3) is 0.950. The summed E-state index contributed by atoms with van der Waals surface area (Å²) in [6, 6.07) is 0.781. The van der Waals surface area contributed by atoms with Crippen molar-refractivity contribution in [2.75, 3.05) is 52.5 Å². The summed E-state index contributed by atoms with van der Waals surface area (Å²) in [6.07, 6.45) is 9.11. The SMILES string of the molecule is CCNC(=NCCCCN1CCCCC1C)N1CCC2(CCOC2)C1.I. The minimum atomic E-state index is 0. The molecule has 0 bridgehead atoms. The Morgan fingerprint density at radius 2 is 2.12 bits per heavy atom. The first-order chi connectivity index (χ1) is 12.2. The van der Waals surface area contributed by atoms with Gasteiger partial charge in [0.25, 0.3) is 0 Å². The molecule has 2 unspecified atom stereocenters. The Hall–Kier alpha value is -0.0800. The number of nitrogens with zero attached hydrogens (tertiary/aromatic N) is 3. The zero-order valence-corrected chi connectivity index (χ0v) is 19.2. The maximum atomic E-state index is 5.66. The smallest absolute Gasteiger partial charge is 0.193 e. The first-order valence-corrected chi connectivity index (χ1v) is 10.6. The molecule has 0 aliphatic carbocycles. The Morgan fingerprint density at radius 1 is 1.23 bits per heavy atom. The van der Waals surface area contributed by atoms with Gasteiger partial charge in [-0.05, 0) is 65.5 Å². The molecule has 2 atom stereocenters. The number of rotatable bonds is 6. The van der Waals surface area contributed by atoms with E-state index in [4.69, 9.17) is 9.73 Å². The molecule has 6 heteroatoms. The molecular weight excluding hydrogens is 439 g/mol. The number of likely N-dealkylation sites (tertiary alicyclic amines) is 2. The summed E-state index contributed by atoms with van der Waals surface area (Å²) in [5, 5.41) is 3.50. The second-order valence-corrected chi connectivity index (χ2v) is 8.30. The second-order valence-electron chi connectivity index (χ2n) is 8.30. The number of piperidine rings is 1. The molecule has 0 aromatic heterocycles. The second kappa shape index (κ2) is 11.1. The van der Waals surface area contributed by atoms with Crippen LogP contribution >= 0.6 is 24.0 Å². The van der Waals surface area contributed by atoms with Gasteiger partial charge in [0.05, 0.1) is 6.61 Å². The Bertz CT molecular complexity index is 440. The van der Waals surface area contributed by atoms with Crippen molar-refractivity contribution in [2.24, 2.45) is 10.4 Å². The van der Waals surface area contributed by atoms with Crippen LogP contribution in [-0.4, -0.2) is 74.3 Å². The van der Waals surface area contributed by atoms with Crippen LogP contribution in [0, 0.1) is 5.41 Å². The summed E-state index contributed by atoms with van der Waals surface area (Å²) in [4.78, 5) is 10.1. The van der Waals surface area contributed by atoms with E-state index in [2.05, 4.69) is 29.0 Å². The molecule has 3 fully saturated rings. The van der Waals surface area contributed by atoms with Crippen LogP contribution in [0.5, 0.6) is 0 Å². The summed E-state index contributed by atoms with van der Waals surface area (Å²) in [5.74, 6) is 1.12. The average Bonchev–Trinajstić information content (AvgIpc) is 3.25. The highest BCUT2D eigenvalue weighted by Gasteiger charge is 2.42. The average molecular weight is 478 g/mol. The molecule has 1 spiro atoms. The molecule has 3 heterocycles. The van der Waals surface area contributed by atoms with Crippen LogP contribution in [0.4, 0.5) is 0 Å². The van der Waals surface area contributed by atoms with Gasteiger partial charge in [-0.1, -0.05) is 6.42 Å². The van der Waals surface area contributed by atoms with Gasteiger partial charge in [-0.3, -0.25) is 4.99 Å². The van der Waals surface area contributed by atoms with Gasteiger partial charge >= 0.3 is 0 Å². The van der Waals surface area contributed by atoms with Gasteiger partial charge in [0.15, 0.2) is 5.96 Å². The molecule has 152 valence electrons. The largest absolute Gasteiger partial charge is 0.381 e. The minimum absolute atomic E-state index is 0. The van der Waals surface area contributed by atoms with E-state index in [1.54, 1.807) is 0 Å². The molecule has 0 amide bonds.